The standard InChI is InChI=1S/C23H26F2N4O4/c1-3-23-9-5-6-10-29(23)28-13-16(19(30)20(31)18(28)22(33)27(23)4-2)21(32)26-12-14-7-8-15(24)11-17(14)25/h7-8,11,13,31H,3-6,9-10,12H2,1-2H3,(H,26,32)/t23-/m0/s1. The first kappa shape index (κ1) is 22.8. The minimum absolute atomic E-state index is 0.0434. The number of pyridine rings is 1. The fourth-order valence-electron chi connectivity index (χ4n) is 4.97. The summed E-state index contributed by atoms with van der Waals surface area (Å²) in [5.41, 5.74) is -2.10. The number of hydrogen-bond acceptors (Lipinski definition) is 5. The molecule has 1 aromatic carbocycles. The van der Waals surface area contributed by atoms with Gasteiger partial charge in [0.2, 0.25) is 5.43 Å². The van der Waals surface area contributed by atoms with Gasteiger partial charge in [-0.05, 0) is 38.7 Å². The molecule has 0 saturated carbocycles. The summed E-state index contributed by atoms with van der Waals surface area (Å²) in [6, 6.07) is 2.96. The number of hydrogen-bond donors (Lipinski definition) is 2. The number of halogens is 2. The number of carbonyl (C=O) groups excluding carboxylic acids is 2. The number of nitrogens with one attached hydrogen (secondary N) is 1. The molecule has 2 aliphatic rings. The topological polar surface area (TPSA) is 94.9 Å². The van der Waals surface area contributed by atoms with Crippen LogP contribution in [0.2, 0.25) is 0 Å². The lowest BCUT2D eigenvalue weighted by Crippen LogP contribution is -2.71. The van der Waals surface area contributed by atoms with Crippen molar-refractivity contribution in [3.05, 3.63) is 63.1 Å². The van der Waals surface area contributed by atoms with E-state index in [1.165, 1.54) is 16.9 Å². The van der Waals surface area contributed by atoms with E-state index in [-0.39, 0.29) is 23.4 Å². The second-order valence-electron chi connectivity index (χ2n) is 8.30. The SMILES string of the molecule is CCN1C(=O)c2c(O)c(=O)c(C(=O)NCc3ccc(F)cc3F)cn2N2CCCC[C@@]12CC. The van der Waals surface area contributed by atoms with Crippen LogP contribution in [-0.2, 0) is 6.54 Å². The lowest BCUT2D eigenvalue weighted by atomic mass is 9.90. The first-order valence-corrected chi connectivity index (χ1v) is 11.1. The van der Waals surface area contributed by atoms with E-state index in [1.54, 1.807) is 4.90 Å². The van der Waals surface area contributed by atoms with Gasteiger partial charge >= 0.3 is 0 Å². The Morgan fingerprint density at radius 3 is 2.64 bits per heavy atom. The zero-order valence-electron chi connectivity index (χ0n) is 18.5. The molecule has 2 aliphatic heterocycles. The van der Waals surface area contributed by atoms with Crippen LogP contribution >= 0.6 is 0 Å². The van der Waals surface area contributed by atoms with Crippen molar-refractivity contribution >= 4 is 11.8 Å². The van der Waals surface area contributed by atoms with Crippen LogP contribution in [0, 0.1) is 11.6 Å². The van der Waals surface area contributed by atoms with Crippen molar-refractivity contribution in [1.29, 1.82) is 0 Å². The van der Waals surface area contributed by atoms with E-state index >= 15 is 0 Å². The van der Waals surface area contributed by atoms with Gasteiger partial charge in [0.15, 0.2) is 11.4 Å². The predicted molar refractivity (Wildman–Crippen MR) is 117 cm³/mol. The molecule has 1 atom stereocenters. The molecule has 10 heteroatoms. The van der Waals surface area contributed by atoms with E-state index in [0.29, 0.717) is 25.6 Å². The van der Waals surface area contributed by atoms with E-state index in [1.807, 2.05) is 18.9 Å². The summed E-state index contributed by atoms with van der Waals surface area (Å²) in [6.45, 7) is 4.53. The summed E-state index contributed by atoms with van der Waals surface area (Å²) in [6.07, 6.45) is 4.40. The molecule has 0 bridgehead atoms. The Labute approximate surface area is 189 Å². The number of benzene rings is 1. The molecule has 1 aromatic heterocycles. The van der Waals surface area contributed by atoms with Crippen LogP contribution in [0.3, 0.4) is 0 Å². The van der Waals surface area contributed by atoms with Crippen molar-refractivity contribution in [3.63, 3.8) is 0 Å². The molecule has 0 aliphatic carbocycles. The minimum Gasteiger partial charge on any atom is -0.502 e. The number of rotatable bonds is 5. The predicted octanol–water partition coefficient (Wildman–Crippen LogP) is 2.47. The number of aromatic hydroxyl groups is 1. The third-order valence-corrected chi connectivity index (χ3v) is 6.63. The van der Waals surface area contributed by atoms with Crippen molar-refractivity contribution in [2.75, 3.05) is 18.1 Å². The zero-order valence-corrected chi connectivity index (χ0v) is 18.5. The van der Waals surface area contributed by atoms with Gasteiger partial charge in [-0.15, -0.1) is 0 Å². The van der Waals surface area contributed by atoms with Crippen LogP contribution < -0.4 is 15.8 Å². The number of piperidine rings is 1. The number of aromatic nitrogens is 1. The Balaban J connectivity index is 1.74. The molecule has 2 N–H and O–H groups in total. The molecule has 1 fully saturated rings. The summed E-state index contributed by atoms with van der Waals surface area (Å²) in [7, 11) is 0. The molecule has 3 heterocycles. The Morgan fingerprint density at radius 1 is 1.21 bits per heavy atom. The van der Waals surface area contributed by atoms with Gasteiger partial charge in [-0.2, -0.15) is 0 Å². The van der Waals surface area contributed by atoms with Crippen LogP contribution in [0.4, 0.5) is 8.78 Å². The summed E-state index contributed by atoms with van der Waals surface area (Å²) in [5, 5.41) is 15.0. The Morgan fingerprint density at radius 2 is 1.97 bits per heavy atom. The van der Waals surface area contributed by atoms with Crippen LogP contribution in [0.1, 0.15) is 65.9 Å². The van der Waals surface area contributed by atoms with Crippen molar-refractivity contribution < 1.29 is 23.5 Å². The molecule has 33 heavy (non-hydrogen) atoms. The van der Waals surface area contributed by atoms with Gasteiger partial charge in [0.25, 0.3) is 11.8 Å². The van der Waals surface area contributed by atoms with E-state index in [2.05, 4.69) is 5.32 Å². The third kappa shape index (κ3) is 3.53. The second kappa shape index (κ2) is 8.49. The third-order valence-electron chi connectivity index (χ3n) is 6.63. The van der Waals surface area contributed by atoms with Gasteiger partial charge < -0.3 is 15.3 Å². The van der Waals surface area contributed by atoms with Crippen molar-refractivity contribution in [2.24, 2.45) is 0 Å². The molecule has 0 spiro atoms. The fourth-order valence-corrected chi connectivity index (χ4v) is 4.97. The first-order chi connectivity index (χ1) is 15.7. The quantitative estimate of drug-likeness (QED) is 0.715. The largest absolute Gasteiger partial charge is 0.502 e. The minimum atomic E-state index is -0.983. The molecular formula is C23H26F2N4O4. The van der Waals surface area contributed by atoms with Gasteiger partial charge in [-0.3, -0.25) is 24.1 Å². The van der Waals surface area contributed by atoms with E-state index in [9.17, 15) is 28.3 Å². The van der Waals surface area contributed by atoms with Gasteiger partial charge in [0.05, 0.1) is 0 Å². The van der Waals surface area contributed by atoms with Gasteiger partial charge in [-0.1, -0.05) is 13.0 Å². The van der Waals surface area contributed by atoms with Crippen LogP contribution in [0.5, 0.6) is 5.75 Å². The number of carbonyl (C=O) groups is 2. The molecule has 4 rings (SSSR count). The normalized spacial score (nSPS) is 19.8. The summed E-state index contributed by atoms with van der Waals surface area (Å²) in [4.78, 5) is 40.6. The maximum Gasteiger partial charge on any atom is 0.278 e. The second-order valence-corrected chi connectivity index (χ2v) is 8.30. The van der Waals surface area contributed by atoms with Crippen molar-refractivity contribution in [2.45, 2.75) is 51.7 Å². The summed E-state index contributed by atoms with van der Waals surface area (Å²) >= 11 is 0. The Kier molecular flexibility index (Phi) is 5.85. The maximum absolute atomic E-state index is 13.9. The molecule has 8 nitrogen and oxygen atoms in total. The molecule has 0 unspecified atom stereocenters. The molecule has 2 aromatic rings. The first-order valence-electron chi connectivity index (χ1n) is 11.1. The zero-order chi connectivity index (χ0) is 23.9. The average molecular weight is 460 g/mol. The van der Waals surface area contributed by atoms with Crippen LogP contribution in [0.25, 0.3) is 0 Å². The highest BCUT2D eigenvalue weighted by Crippen LogP contribution is 2.39. The van der Waals surface area contributed by atoms with Crippen molar-refractivity contribution in [1.82, 2.24) is 14.9 Å². The number of fused-ring (bicyclic) bond motifs is 3. The maximum atomic E-state index is 13.9. The number of nitrogens with zero attached hydrogens (tertiary/aromatic N) is 3. The monoisotopic (exact) mass is 460 g/mol. The van der Waals surface area contributed by atoms with Gasteiger partial charge in [0.1, 0.15) is 22.9 Å². The summed E-state index contributed by atoms with van der Waals surface area (Å²) < 4.78 is 28.5. The van der Waals surface area contributed by atoms with Crippen molar-refractivity contribution in [3.8, 4) is 5.75 Å². The Hall–Kier alpha value is -3.43. The molecule has 1 saturated heterocycles. The fraction of sp³-hybridized carbons (Fsp3) is 0.435. The average Bonchev–Trinajstić information content (AvgIpc) is 2.80. The lowest BCUT2D eigenvalue weighted by molar-refractivity contribution is 0.0137. The highest BCUT2D eigenvalue weighted by molar-refractivity contribution is 5.99. The Bertz CT molecular complexity index is 1180. The van der Waals surface area contributed by atoms with E-state index in [0.717, 1.165) is 25.3 Å². The molecule has 176 valence electrons. The van der Waals surface area contributed by atoms with E-state index in [4.69, 9.17) is 0 Å². The number of amides is 2. The van der Waals surface area contributed by atoms with Gasteiger partial charge in [-0.25, -0.2) is 8.78 Å². The molecule has 0 radical (unpaired) electrons. The van der Waals surface area contributed by atoms with Gasteiger partial charge in [0, 0.05) is 37.5 Å². The smallest absolute Gasteiger partial charge is 0.278 e. The highest BCUT2D eigenvalue weighted by Gasteiger charge is 2.50. The molecule has 2 amide bonds. The van der Waals surface area contributed by atoms with Crippen LogP contribution in [-0.4, -0.2) is 45.2 Å². The molecular weight excluding hydrogens is 434 g/mol. The lowest BCUT2D eigenvalue weighted by Gasteiger charge is -2.57. The highest BCUT2D eigenvalue weighted by atomic mass is 19.1. The summed E-state index contributed by atoms with van der Waals surface area (Å²) in [5.74, 6) is -3.67. The van der Waals surface area contributed by atoms with Crippen LogP contribution in [0.15, 0.2) is 29.2 Å². The van der Waals surface area contributed by atoms with E-state index < -0.39 is 40.3 Å².